The van der Waals surface area contributed by atoms with Crippen molar-refractivity contribution >= 4 is 29.2 Å². The molecular formula is C11H16Cl2N4. The van der Waals surface area contributed by atoms with Crippen molar-refractivity contribution in [2.45, 2.75) is 6.04 Å². The summed E-state index contributed by atoms with van der Waals surface area (Å²) < 4.78 is 0. The number of nitrogens with one attached hydrogen (secondary N) is 2. The first-order valence-corrected chi connectivity index (χ1v) is 5.94. The summed E-state index contributed by atoms with van der Waals surface area (Å²) in [6.07, 6.45) is 0. The maximum absolute atomic E-state index is 6.13. The fourth-order valence-electron chi connectivity index (χ4n) is 1.51. The summed E-state index contributed by atoms with van der Waals surface area (Å²) in [5.41, 5.74) is 6.52. The van der Waals surface area contributed by atoms with Crippen LogP contribution in [0.4, 0.5) is 0 Å². The summed E-state index contributed by atoms with van der Waals surface area (Å²) in [6, 6.07) is 5.20. The van der Waals surface area contributed by atoms with Crippen LogP contribution in [0.2, 0.25) is 10.0 Å². The van der Waals surface area contributed by atoms with Gasteiger partial charge in [-0.15, -0.1) is 0 Å². The van der Waals surface area contributed by atoms with Crippen molar-refractivity contribution in [3.8, 4) is 0 Å². The van der Waals surface area contributed by atoms with Gasteiger partial charge >= 0.3 is 0 Å². The zero-order valence-electron chi connectivity index (χ0n) is 9.80. The van der Waals surface area contributed by atoms with E-state index in [1.54, 1.807) is 32.3 Å². The number of aliphatic imine (C=N–C) groups is 1. The second kappa shape index (κ2) is 6.69. The molecule has 0 amide bonds. The maximum atomic E-state index is 6.13. The highest BCUT2D eigenvalue weighted by Gasteiger charge is 2.17. The van der Waals surface area contributed by atoms with Gasteiger partial charge in [-0.25, -0.2) is 0 Å². The number of nitrogens with zero attached hydrogens (tertiary/aromatic N) is 1. The fraction of sp³-hybridized carbons (Fsp3) is 0.364. The van der Waals surface area contributed by atoms with E-state index in [2.05, 4.69) is 15.6 Å². The lowest BCUT2D eigenvalue weighted by atomic mass is 10.1. The quantitative estimate of drug-likeness (QED) is 0.582. The van der Waals surface area contributed by atoms with Crippen LogP contribution in [0.1, 0.15) is 11.6 Å². The molecule has 4 nitrogen and oxygen atoms in total. The smallest absolute Gasteiger partial charge is 0.191 e. The minimum Gasteiger partial charge on any atom is -0.359 e. The Balaban J connectivity index is 3.02. The van der Waals surface area contributed by atoms with E-state index in [0.717, 1.165) is 5.56 Å². The van der Waals surface area contributed by atoms with Crippen LogP contribution in [0.15, 0.2) is 23.2 Å². The molecule has 1 unspecified atom stereocenters. The molecule has 0 aromatic heterocycles. The average Bonchev–Trinajstić information content (AvgIpc) is 2.33. The molecule has 1 aromatic rings. The normalized spacial score (nSPS) is 13.4. The van der Waals surface area contributed by atoms with E-state index in [4.69, 9.17) is 28.9 Å². The van der Waals surface area contributed by atoms with Gasteiger partial charge in [-0.05, 0) is 12.1 Å². The summed E-state index contributed by atoms with van der Waals surface area (Å²) in [7, 11) is 3.46. The van der Waals surface area contributed by atoms with Gasteiger partial charge in [0.1, 0.15) is 0 Å². The number of guanidine groups is 1. The molecule has 0 aliphatic heterocycles. The Kier molecular flexibility index (Phi) is 5.55. The van der Waals surface area contributed by atoms with Crippen LogP contribution in [-0.4, -0.2) is 26.6 Å². The van der Waals surface area contributed by atoms with Crippen molar-refractivity contribution in [3.63, 3.8) is 0 Å². The standard InChI is InChI=1S/C11H16Cl2N4/c1-15-11(16-2)17-9(6-14)10-7(12)4-3-5-8(10)13/h3-5,9H,6,14H2,1-2H3,(H2,15,16,17). The van der Waals surface area contributed by atoms with Crippen LogP contribution >= 0.6 is 23.2 Å². The van der Waals surface area contributed by atoms with Crippen LogP contribution < -0.4 is 16.4 Å². The highest BCUT2D eigenvalue weighted by Crippen LogP contribution is 2.29. The first kappa shape index (κ1) is 14.1. The second-order valence-corrected chi connectivity index (χ2v) is 4.20. The Morgan fingerprint density at radius 1 is 1.41 bits per heavy atom. The second-order valence-electron chi connectivity index (χ2n) is 3.39. The number of rotatable bonds is 3. The van der Waals surface area contributed by atoms with Crippen LogP contribution in [-0.2, 0) is 0 Å². The van der Waals surface area contributed by atoms with E-state index in [1.807, 2.05) is 0 Å². The Morgan fingerprint density at radius 3 is 2.41 bits per heavy atom. The zero-order chi connectivity index (χ0) is 12.8. The zero-order valence-corrected chi connectivity index (χ0v) is 11.3. The minimum atomic E-state index is -0.178. The fourth-order valence-corrected chi connectivity index (χ4v) is 2.17. The third-order valence-electron chi connectivity index (χ3n) is 2.36. The molecule has 1 rings (SSSR count). The van der Waals surface area contributed by atoms with Gasteiger partial charge in [0.15, 0.2) is 5.96 Å². The summed E-state index contributed by atoms with van der Waals surface area (Å²) in [5, 5.41) is 7.25. The largest absolute Gasteiger partial charge is 0.359 e. The monoisotopic (exact) mass is 274 g/mol. The van der Waals surface area contributed by atoms with Gasteiger partial charge in [-0.2, -0.15) is 0 Å². The van der Waals surface area contributed by atoms with Gasteiger partial charge in [0.25, 0.3) is 0 Å². The molecule has 0 aliphatic rings. The molecule has 0 spiro atoms. The number of hydrogen-bond donors (Lipinski definition) is 3. The van der Waals surface area contributed by atoms with E-state index in [9.17, 15) is 0 Å². The molecule has 0 saturated heterocycles. The van der Waals surface area contributed by atoms with Crippen molar-refractivity contribution in [2.24, 2.45) is 10.7 Å². The van der Waals surface area contributed by atoms with Gasteiger partial charge in [0, 0.05) is 36.2 Å². The van der Waals surface area contributed by atoms with Crippen molar-refractivity contribution < 1.29 is 0 Å². The molecule has 1 atom stereocenters. The molecule has 4 N–H and O–H groups in total. The van der Waals surface area contributed by atoms with Crippen molar-refractivity contribution in [1.29, 1.82) is 0 Å². The van der Waals surface area contributed by atoms with E-state index in [-0.39, 0.29) is 6.04 Å². The predicted octanol–water partition coefficient (Wildman–Crippen LogP) is 1.79. The van der Waals surface area contributed by atoms with Crippen LogP contribution in [0.25, 0.3) is 0 Å². The molecule has 0 saturated carbocycles. The Labute approximate surface area is 111 Å². The summed E-state index contributed by atoms with van der Waals surface area (Å²) in [6.45, 7) is 0.365. The van der Waals surface area contributed by atoms with Gasteiger partial charge in [0.05, 0.1) is 6.04 Å². The van der Waals surface area contributed by atoms with E-state index in [1.165, 1.54) is 0 Å². The number of nitrogens with two attached hydrogens (primary N) is 1. The lowest BCUT2D eigenvalue weighted by molar-refractivity contribution is 0.646. The maximum Gasteiger partial charge on any atom is 0.191 e. The number of hydrogen-bond acceptors (Lipinski definition) is 2. The van der Waals surface area contributed by atoms with Gasteiger partial charge in [-0.3, -0.25) is 4.99 Å². The van der Waals surface area contributed by atoms with Gasteiger partial charge in [-0.1, -0.05) is 29.3 Å². The van der Waals surface area contributed by atoms with Crippen LogP contribution in [0.5, 0.6) is 0 Å². The lowest BCUT2D eigenvalue weighted by Crippen LogP contribution is -2.40. The first-order chi connectivity index (χ1) is 8.13. The Bertz CT molecular complexity index is 386. The summed E-state index contributed by atoms with van der Waals surface area (Å²) in [4.78, 5) is 4.03. The van der Waals surface area contributed by atoms with Crippen LogP contribution in [0.3, 0.4) is 0 Å². The van der Waals surface area contributed by atoms with Crippen LogP contribution in [0, 0.1) is 0 Å². The summed E-state index contributed by atoms with van der Waals surface area (Å²) in [5.74, 6) is 0.636. The van der Waals surface area contributed by atoms with Gasteiger partial charge < -0.3 is 16.4 Å². The third kappa shape index (κ3) is 3.49. The predicted molar refractivity (Wildman–Crippen MR) is 73.8 cm³/mol. The highest BCUT2D eigenvalue weighted by molar-refractivity contribution is 6.36. The number of halogens is 2. The minimum absolute atomic E-state index is 0.178. The van der Waals surface area contributed by atoms with Crippen molar-refractivity contribution in [3.05, 3.63) is 33.8 Å². The molecule has 0 heterocycles. The van der Waals surface area contributed by atoms with E-state index >= 15 is 0 Å². The molecule has 6 heteroatoms. The van der Waals surface area contributed by atoms with E-state index < -0.39 is 0 Å². The molecule has 1 aromatic carbocycles. The number of benzene rings is 1. The van der Waals surface area contributed by atoms with Crippen molar-refractivity contribution in [1.82, 2.24) is 10.6 Å². The molecule has 0 bridgehead atoms. The SMILES string of the molecule is CN=C(NC)NC(CN)c1c(Cl)cccc1Cl. The average molecular weight is 275 g/mol. The molecular weight excluding hydrogens is 259 g/mol. The molecule has 17 heavy (non-hydrogen) atoms. The lowest BCUT2D eigenvalue weighted by Gasteiger charge is -2.21. The first-order valence-electron chi connectivity index (χ1n) is 5.19. The summed E-state index contributed by atoms with van der Waals surface area (Å²) >= 11 is 12.3. The molecule has 0 radical (unpaired) electrons. The van der Waals surface area contributed by atoms with Crippen molar-refractivity contribution in [2.75, 3.05) is 20.6 Å². The Hall–Kier alpha value is -0.970. The third-order valence-corrected chi connectivity index (χ3v) is 3.01. The van der Waals surface area contributed by atoms with E-state index in [0.29, 0.717) is 22.5 Å². The highest BCUT2D eigenvalue weighted by atomic mass is 35.5. The molecule has 94 valence electrons. The molecule has 0 fully saturated rings. The molecule has 0 aliphatic carbocycles. The Morgan fingerprint density at radius 2 is 2.00 bits per heavy atom. The topological polar surface area (TPSA) is 62.4 Å². The van der Waals surface area contributed by atoms with Gasteiger partial charge in [0.2, 0.25) is 0 Å².